The van der Waals surface area contributed by atoms with Crippen LogP contribution in [0.5, 0.6) is 0 Å². The third-order valence-corrected chi connectivity index (χ3v) is 10.1. The van der Waals surface area contributed by atoms with Gasteiger partial charge in [-0.3, -0.25) is 0 Å². The molecule has 0 aromatic carbocycles. The molecular weight excluding hydrogens is 465 g/mol. The van der Waals surface area contributed by atoms with E-state index in [9.17, 15) is 4.79 Å². The summed E-state index contributed by atoms with van der Waals surface area (Å²) in [5, 5.41) is 0. The second-order valence-electron chi connectivity index (χ2n) is 9.14. The number of carbonyl (C=O) groups is 1. The van der Waals surface area contributed by atoms with Crippen molar-refractivity contribution < 1.29 is 9.53 Å². The fraction of sp³-hybridized carbons (Fsp3) is 0.536. The molecule has 1 atom stereocenters. The molecule has 0 bridgehead atoms. The molecule has 2 nitrogen and oxygen atoms in total. The van der Waals surface area contributed by atoms with E-state index < -0.39 is 0 Å². The molecule has 0 saturated heterocycles. The van der Waals surface area contributed by atoms with Crippen LogP contribution in [0.25, 0.3) is 19.5 Å². The number of thiophene rings is 3. The maximum absolute atomic E-state index is 12.5. The maximum atomic E-state index is 12.5. The first-order valence-corrected chi connectivity index (χ1v) is 14.8. The average Bonchev–Trinajstić information content (AvgIpc) is 3.52. The first-order chi connectivity index (χ1) is 15.9. The molecule has 0 amide bonds. The van der Waals surface area contributed by atoms with Crippen molar-refractivity contribution in [2.45, 2.75) is 86.0 Å². The van der Waals surface area contributed by atoms with Gasteiger partial charge in [-0.2, -0.15) is 0 Å². The number of esters is 1. The fourth-order valence-corrected chi connectivity index (χ4v) is 7.42. The van der Waals surface area contributed by atoms with E-state index in [2.05, 4.69) is 52.8 Å². The fourth-order valence-electron chi connectivity index (χ4n) is 3.79. The Morgan fingerprint density at radius 3 is 2.33 bits per heavy atom. The number of hydrogen-bond donors (Lipinski definition) is 0. The molecule has 3 rings (SSSR count). The number of hydrogen-bond acceptors (Lipinski definition) is 5. The second kappa shape index (κ2) is 12.9. The van der Waals surface area contributed by atoms with Crippen LogP contribution in [-0.2, 0) is 11.2 Å². The molecule has 0 saturated carbocycles. The third kappa shape index (κ3) is 7.27. The second-order valence-corrected chi connectivity index (χ2v) is 12.4. The standard InChI is InChI=1S/C28H38O2S3/c1-6-8-9-10-11-12-13-22-14-15-23(31-22)26-20(4)16-24(32-26)27-21(5)17-25(33-27)28(29)30-18-19(3)7-2/h14-17,19H,6-13,18H2,1-5H3/t19-/m0/s1. The van der Waals surface area contributed by atoms with Crippen molar-refractivity contribution in [1.29, 1.82) is 0 Å². The van der Waals surface area contributed by atoms with Crippen LogP contribution >= 0.6 is 34.0 Å². The van der Waals surface area contributed by atoms with Crippen molar-refractivity contribution in [1.82, 2.24) is 0 Å². The SMILES string of the molecule is CCCCCCCCc1ccc(-c2sc(-c3sc(C(=O)OC[C@@H](C)CC)cc3C)cc2C)s1. The normalized spacial score (nSPS) is 12.3. The van der Waals surface area contributed by atoms with Crippen molar-refractivity contribution in [3.63, 3.8) is 0 Å². The smallest absolute Gasteiger partial charge is 0.348 e. The molecule has 5 heteroatoms. The minimum Gasteiger partial charge on any atom is -0.461 e. The van der Waals surface area contributed by atoms with Crippen molar-refractivity contribution in [2.75, 3.05) is 6.61 Å². The first-order valence-electron chi connectivity index (χ1n) is 12.4. The van der Waals surface area contributed by atoms with E-state index in [0.717, 1.165) is 12.0 Å². The zero-order chi connectivity index (χ0) is 23.8. The van der Waals surface area contributed by atoms with Crippen LogP contribution in [0.1, 0.15) is 91.4 Å². The van der Waals surface area contributed by atoms with Gasteiger partial charge in [0.15, 0.2) is 0 Å². The van der Waals surface area contributed by atoms with Gasteiger partial charge in [0.05, 0.1) is 6.61 Å². The summed E-state index contributed by atoms with van der Waals surface area (Å²) in [6, 6.07) is 8.86. The molecule has 33 heavy (non-hydrogen) atoms. The molecule has 0 unspecified atom stereocenters. The molecule has 0 aliphatic heterocycles. The maximum Gasteiger partial charge on any atom is 0.348 e. The van der Waals surface area contributed by atoms with Crippen molar-refractivity contribution >= 4 is 40.0 Å². The molecule has 0 aliphatic carbocycles. The topological polar surface area (TPSA) is 26.3 Å². The summed E-state index contributed by atoms with van der Waals surface area (Å²) in [6.45, 7) is 11.3. The lowest BCUT2D eigenvalue weighted by Crippen LogP contribution is -2.10. The van der Waals surface area contributed by atoms with Gasteiger partial charge in [-0.15, -0.1) is 34.0 Å². The summed E-state index contributed by atoms with van der Waals surface area (Å²) in [4.78, 5) is 19.9. The van der Waals surface area contributed by atoms with E-state index in [0.29, 0.717) is 17.4 Å². The molecule has 3 aromatic rings. The molecular formula is C28H38O2S3. The highest BCUT2D eigenvalue weighted by atomic mass is 32.1. The van der Waals surface area contributed by atoms with Crippen LogP contribution < -0.4 is 0 Å². The Morgan fingerprint density at radius 1 is 0.879 bits per heavy atom. The summed E-state index contributed by atoms with van der Waals surface area (Å²) >= 11 is 5.35. The van der Waals surface area contributed by atoms with E-state index in [1.165, 1.54) is 74.9 Å². The Balaban J connectivity index is 1.65. The lowest BCUT2D eigenvalue weighted by atomic mass is 10.1. The number of carbonyl (C=O) groups excluding carboxylic acids is 1. The van der Waals surface area contributed by atoms with Gasteiger partial charge >= 0.3 is 5.97 Å². The molecule has 0 aliphatic rings. The zero-order valence-corrected chi connectivity index (χ0v) is 23.2. The van der Waals surface area contributed by atoms with Gasteiger partial charge in [0.25, 0.3) is 0 Å². The van der Waals surface area contributed by atoms with Gasteiger partial charge < -0.3 is 4.74 Å². The summed E-state index contributed by atoms with van der Waals surface area (Å²) in [5.41, 5.74) is 2.47. The summed E-state index contributed by atoms with van der Waals surface area (Å²) < 4.78 is 5.52. The van der Waals surface area contributed by atoms with Gasteiger partial charge in [-0.25, -0.2) is 4.79 Å². The molecule has 3 aromatic heterocycles. The monoisotopic (exact) mass is 502 g/mol. The minimum atomic E-state index is -0.194. The third-order valence-electron chi connectivity index (χ3n) is 6.12. The Kier molecular flexibility index (Phi) is 10.2. The van der Waals surface area contributed by atoms with Gasteiger partial charge in [-0.1, -0.05) is 59.3 Å². The molecule has 180 valence electrons. The lowest BCUT2D eigenvalue weighted by Gasteiger charge is -2.08. The Morgan fingerprint density at radius 2 is 1.58 bits per heavy atom. The average molecular weight is 503 g/mol. The van der Waals surface area contributed by atoms with E-state index in [1.54, 1.807) is 11.3 Å². The zero-order valence-electron chi connectivity index (χ0n) is 20.8. The van der Waals surface area contributed by atoms with Crippen molar-refractivity contribution in [3.05, 3.63) is 45.1 Å². The number of aryl methyl sites for hydroxylation is 3. The molecule has 3 heterocycles. The van der Waals surface area contributed by atoms with E-state index in [-0.39, 0.29) is 5.97 Å². The van der Waals surface area contributed by atoms with Gasteiger partial charge in [0, 0.05) is 24.4 Å². The first kappa shape index (κ1) is 26.2. The van der Waals surface area contributed by atoms with E-state index in [4.69, 9.17) is 4.74 Å². The van der Waals surface area contributed by atoms with Crippen molar-refractivity contribution in [2.24, 2.45) is 5.92 Å². The van der Waals surface area contributed by atoms with Crippen molar-refractivity contribution in [3.8, 4) is 19.5 Å². The highest BCUT2D eigenvalue weighted by Crippen LogP contribution is 2.44. The molecule has 0 fully saturated rings. The molecule has 0 spiro atoms. The Labute approximate surface area is 212 Å². The van der Waals surface area contributed by atoms with Gasteiger partial charge in [-0.05, 0) is 68.0 Å². The predicted octanol–water partition coefficient (Wildman–Crippen LogP) is 9.93. The van der Waals surface area contributed by atoms with Crippen LogP contribution in [-0.4, -0.2) is 12.6 Å². The van der Waals surface area contributed by atoms with Crippen LogP contribution in [0.2, 0.25) is 0 Å². The van der Waals surface area contributed by atoms with Crippen LogP contribution in [0.15, 0.2) is 24.3 Å². The highest BCUT2D eigenvalue weighted by Gasteiger charge is 2.19. The summed E-state index contributed by atoms with van der Waals surface area (Å²) in [6.07, 6.45) is 10.3. The predicted molar refractivity (Wildman–Crippen MR) is 147 cm³/mol. The van der Waals surface area contributed by atoms with Gasteiger partial charge in [0.2, 0.25) is 0 Å². The minimum absolute atomic E-state index is 0.194. The molecule has 0 N–H and O–H groups in total. The summed E-state index contributed by atoms with van der Waals surface area (Å²) in [7, 11) is 0. The number of ether oxygens (including phenoxy) is 1. The van der Waals surface area contributed by atoms with Crippen LogP contribution in [0.4, 0.5) is 0 Å². The van der Waals surface area contributed by atoms with Gasteiger partial charge in [0.1, 0.15) is 4.88 Å². The summed E-state index contributed by atoms with van der Waals surface area (Å²) in [5.74, 6) is 0.203. The lowest BCUT2D eigenvalue weighted by molar-refractivity contribution is 0.0453. The Bertz CT molecular complexity index is 1020. The van der Waals surface area contributed by atoms with E-state index in [1.807, 2.05) is 28.7 Å². The number of unbranched alkanes of at least 4 members (excludes halogenated alkanes) is 5. The quantitative estimate of drug-likeness (QED) is 0.172. The molecule has 0 radical (unpaired) electrons. The number of rotatable bonds is 13. The Hall–Kier alpha value is -1.43. The highest BCUT2D eigenvalue weighted by molar-refractivity contribution is 7.27. The van der Waals surface area contributed by atoms with E-state index >= 15 is 0 Å². The van der Waals surface area contributed by atoms with Crippen LogP contribution in [0, 0.1) is 19.8 Å². The largest absolute Gasteiger partial charge is 0.461 e. The van der Waals surface area contributed by atoms with Crippen LogP contribution in [0.3, 0.4) is 0 Å².